The van der Waals surface area contributed by atoms with Crippen molar-refractivity contribution in [2.75, 3.05) is 0 Å². The number of aromatic hydroxyl groups is 2. The standard InChI is InChI=1S/C33H26N4O2.Pt/c1-33(2)27-19-36(21-11-5-3-6-12-21)31(34-27)25-17-9-15-23(29(25)38)24-16-10-18-26(30(24)39)32-35-28(33)20-37(32)22-13-7-4-8-14-22;/h3-20,38-39H,1-2H3;. The predicted molar refractivity (Wildman–Crippen MR) is 152 cm³/mol. The summed E-state index contributed by atoms with van der Waals surface area (Å²) >= 11 is 0. The number of hydrogen-bond donors (Lipinski definition) is 2. The summed E-state index contributed by atoms with van der Waals surface area (Å²) in [6, 6.07) is 31.1. The van der Waals surface area contributed by atoms with Gasteiger partial charge in [-0.05, 0) is 50.2 Å². The summed E-state index contributed by atoms with van der Waals surface area (Å²) in [4.78, 5) is 10.2. The number of para-hydroxylation sites is 4. The van der Waals surface area contributed by atoms with E-state index in [0.29, 0.717) is 33.9 Å². The van der Waals surface area contributed by atoms with Crippen molar-refractivity contribution < 1.29 is 31.3 Å². The molecule has 8 bridgehead atoms. The van der Waals surface area contributed by atoms with E-state index in [0.717, 1.165) is 22.8 Å². The maximum atomic E-state index is 11.6. The van der Waals surface area contributed by atoms with Crippen LogP contribution in [0.25, 0.3) is 45.3 Å². The van der Waals surface area contributed by atoms with E-state index in [1.165, 1.54) is 0 Å². The molecule has 1 aliphatic heterocycles. The molecule has 0 unspecified atom stereocenters. The Morgan fingerprint density at radius 2 is 0.900 bits per heavy atom. The number of aromatic nitrogens is 4. The van der Waals surface area contributed by atoms with Gasteiger partial charge in [-0.3, -0.25) is 9.13 Å². The topological polar surface area (TPSA) is 76.1 Å². The number of hydrogen-bond acceptors (Lipinski definition) is 4. The zero-order chi connectivity index (χ0) is 26.7. The largest absolute Gasteiger partial charge is 0.507 e. The maximum absolute atomic E-state index is 11.6. The monoisotopic (exact) mass is 705 g/mol. The van der Waals surface area contributed by atoms with Gasteiger partial charge in [-0.2, -0.15) is 0 Å². The van der Waals surface area contributed by atoms with Crippen molar-refractivity contribution in [2.24, 2.45) is 0 Å². The molecule has 4 aromatic carbocycles. The van der Waals surface area contributed by atoms with Gasteiger partial charge in [0.15, 0.2) is 0 Å². The molecule has 200 valence electrons. The van der Waals surface area contributed by atoms with Gasteiger partial charge in [0.05, 0.1) is 27.9 Å². The van der Waals surface area contributed by atoms with Crippen LogP contribution in [0.5, 0.6) is 11.5 Å². The van der Waals surface area contributed by atoms with Crippen molar-refractivity contribution in [3.05, 3.63) is 121 Å². The molecule has 0 spiro atoms. The van der Waals surface area contributed by atoms with Crippen LogP contribution in [-0.4, -0.2) is 29.3 Å². The second-order valence-corrected chi connectivity index (χ2v) is 10.3. The van der Waals surface area contributed by atoms with Crippen LogP contribution in [-0.2, 0) is 26.5 Å². The molecule has 6 aromatic rings. The first kappa shape index (κ1) is 25.8. The van der Waals surface area contributed by atoms with Gasteiger partial charge in [0, 0.05) is 56.0 Å². The molecule has 0 fully saturated rings. The number of phenols is 2. The Hall–Kier alpha value is -4.41. The van der Waals surface area contributed by atoms with E-state index >= 15 is 0 Å². The van der Waals surface area contributed by atoms with Crippen molar-refractivity contribution in [2.45, 2.75) is 19.3 Å². The van der Waals surface area contributed by atoms with E-state index in [2.05, 4.69) is 13.8 Å². The zero-order valence-corrected chi connectivity index (χ0v) is 24.2. The van der Waals surface area contributed by atoms with Crippen LogP contribution in [0.4, 0.5) is 0 Å². The van der Waals surface area contributed by atoms with Gasteiger partial charge >= 0.3 is 0 Å². The molecule has 7 heteroatoms. The first-order chi connectivity index (χ1) is 18.9. The molecule has 2 N–H and O–H groups in total. The summed E-state index contributed by atoms with van der Waals surface area (Å²) in [5.74, 6) is 1.34. The molecule has 3 heterocycles. The molecule has 0 saturated carbocycles. The van der Waals surface area contributed by atoms with Crippen LogP contribution in [0.2, 0.25) is 0 Å². The number of benzene rings is 4. The minimum atomic E-state index is -0.599. The Bertz CT molecular complexity index is 1720. The van der Waals surface area contributed by atoms with Crippen LogP contribution in [0, 0.1) is 0 Å². The van der Waals surface area contributed by atoms with E-state index in [4.69, 9.17) is 9.97 Å². The molecule has 6 nitrogen and oxygen atoms in total. The van der Waals surface area contributed by atoms with Gasteiger partial charge in [0.1, 0.15) is 23.1 Å². The smallest absolute Gasteiger partial charge is 0.148 e. The molecular formula is C33H26N4O2Pt. The Balaban J connectivity index is 0.00000289. The first-order valence-corrected chi connectivity index (χ1v) is 12.9. The molecule has 1 aliphatic rings. The second-order valence-electron chi connectivity index (χ2n) is 10.3. The van der Waals surface area contributed by atoms with Crippen LogP contribution in [0.1, 0.15) is 25.2 Å². The quantitative estimate of drug-likeness (QED) is 0.202. The van der Waals surface area contributed by atoms with E-state index in [1.807, 2.05) is 119 Å². The zero-order valence-electron chi connectivity index (χ0n) is 21.9. The fraction of sp³-hybridized carbons (Fsp3) is 0.0909. The third-order valence-electron chi connectivity index (χ3n) is 7.61. The van der Waals surface area contributed by atoms with Gasteiger partial charge < -0.3 is 10.2 Å². The summed E-state index contributed by atoms with van der Waals surface area (Å²) in [7, 11) is 0. The summed E-state index contributed by atoms with van der Waals surface area (Å²) < 4.78 is 4.01. The molecule has 0 radical (unpaired) electrons. The van der Waals surface area contributed by atoms with Gasteiger partial charge in [0.25, 0.3) is 0 Å². The van der Waals surface area contributed by atoms with Gasteiger partial charge in [-0.25, -0.2) is 9.97 Å². The molecule has 0 saturated heterocycles. The van der Waals surface area contributed by atoms with Crippen molar-refractivity contribution in [1.29, 1.82) is 0 Å². The average molecular weight is 706 g/mol. The molecule has 40 heavy (non-hydrogen) atoms. The van der Waals surface area contributed by atoms with E-state index in [1.54, 1.807) is 0 Å². The normalized spacial score (nSPS) is 12.9. The number of fused-ring (bicyclic) bond motifs is 11. The first-order valence-electron chi connectivity index (χ1n) is 12.9. The molecule has 0 amide bonds. The Morgan fingerprint density at radius 3 is 1.30 bits per heavy atom. The SMILES string of the molecule is CC1(C)c2cn(-c3ccccc3)c(n2)-c2cccc(c2O)-c2cccc(c2O)-c2nc1cn2-c1ccccc1.[Pt]. The Morgan fingerprint density at radius 1 is 0.525 bits per heavy atom. The predicted octanol–water partition coefficient (Wildman–Crippen LogP) is 7.11. The summed E-state index contributed by atoms with van der Waals surface area (Å²) in [5, 5.41) is 23.3. The average Bonchev–Trinajstić information content (AvgIpc) is 3.61. The Kier molecular flexibility index (Phi) is 6.24. The van der Waals surface area contributed by atoms with Crippen molar-refractivity contribution in [3.8, 4) is 56.8 Å². The third kappa shape index (κ3) is 3.90. The molecule has 0 atom stereocenters. The van der Waals surface area contributed by atoms with Crippen LogP contribution < -0.4 is 0 Å². The molecular weight excluding hydrogens is 679 g/mol. The molecule has 2 aromatic heterocycles. The number of phenolic OH excluding ortho intramolecular Hbond substituents is 2. The maximum Gasteiger partial charge on any atom is 0.148 e. The van der Waals surface area contributed by atoms with Gasteiger partial charge in [-0.15, -0.1) is 0 Å². The van der Waals surface area contributed by atoms with Gasteiger partial charge in [-0.1, -0.05) is 60.7 Å². The van der Waals surface area contributed by atoms with Crippen molar-refractivity contribution in [3.63, 3.8) is 0 Å². The van der Waals surface area contributed by atoms with Crippen molar-refractivity contribution >= 4 is 0 Å². The van der Waals surface area contributed by atoms with Crippen LogP contribution in [0.3, 0.4) is 0 Å². The van der Waals surface area contributed by atoms with E-state index in [9.17, 15) is 10.2 Å². The minimum absolute atomic E-state index is 0. The van der Waals surface area contributed by atoms with Gasteiger partial charge in [0.2, 0.25) is 0 Å². The van der Waals surface area contributed by atoms with Crippen molar-refractivity contribution in [1.82, 2.24) is 19.1 Å². The van der Waals surface area contributed by atoms with E-state index in [-0.39, 0.29) is 32.6 Å². The summed E-state index contributed by atoms with van der Waals surface area (Å²) in [6.07, 6.45) is 4.06. The van der Waals surface area contributed by atoms with Crippen LogP contribution >= 0.6 is 0 Å². The van der Waals surface area contributed by atoms with E-state index < -0.39 is 5.41 Å². The minimum Gasteiger partial charge on any atom is -0.507 e. The fourth-order valence-electron chi connectivity index (χ4n) is 5.33. The fourth-order valence-corrected chi connectivity index (χ4v) is 5.33. The molecule has 7 rings (SSSR count). The second kappa shape index (κ2) is 9.65. The summed E-state index contributed by atoms with van der Waals surface area (Å²) in [6.45, 7) is 4.20. The van der Waals surface area contributed by atoms with Crippen LogP contribution in [0.15, 0.2) is 109 Å². The number of nitrogens with zero attached hydrogens (tertiary/aromatic N) is 4. The number of imidazole rings is 2. The molecule has 0 aliphatic carbocycles. The summed E-state index contributed by atoms with van der Waals surface area (Å²) in [5.41, 5.74) is 5.09. The Labute approximate surface area is 246 Å². The number of rotatable bonds is 2. The third-order valence-corrected chi connectivity index (χ3v) is 7.61.